The molecule has 1 N–H and O–H groups in total. The van der Waals surface area contributed by atoms with Gasteiger partial charge < -0.3 is 4.74 Å². The number of nitrogens with zero attached hydrogens (tertiary/aromatic N) is 2. The average Bonchev–Trinajstić information content (AvgIpc) is 3.15. The van der Waals surface area contributed by atoms with Crippen LogP contribution in [0.15, 0.2) is 70.3 Å². The number of H-pyrrole nitrogens is 1. The van der Waals surface area contributed by atoms with Crippen molar-refractivity contribution in [2.75, 3.05) is 0 Å². The zero-order valence-corrected chi connectivity index (χ0v) is 16.2. The number of cyclic esters (lactones) is 1. The van der Waals surface area contributed by atoms with Crippen LogP contribution in [0.1, 0.15) is 21.6 Å². The molecule has 30 heavy (non-hydrogen) atoms. The zero-order valence-electron chi connectivity index (χ0n) is 16.2. The first-order valence-electron chi connectivity index (χ1n) is 9.54. The smallest absolute Gasteiger partial charge is 0.418 e. The Kier molecular flexibility index (Phi) is 4.10. The van der Waals surface area contributed by atoms with E-state index >= 15 is 0 Å². The van der Waals surface area contributed by atoms with E-state index in [1.165, 1.54) is 11.6 Å². The van der Waals surface area contributed by atoms with Crippen molar-refractivity contribution in [1.29, 1.82) is 0 Å². The summed E-state index contributed by atoms with van der Waals surface area (Å²) in [6, 6.07) is 18.8. The molecule has 148 valence electrons. The maximum Gasteiger partial charge on any atom is 0.418 e. The van der Waals surface area contributed by atoms with E-state index in [4.69, 9.17) is 4.74 Å². The average molecular weight is 400 g/mol. The molecule has 0 unspecified atom stereocenters. The highest BCUT2D eigenvalue weighted by Crippen LogP contribution is 2.33. The lowest BCUT2D eigenvalue weighted by atomic mass is 9.96. The van der Waals surface area contributed by atoms with Crippen molar-refractivity contribution in [3.05, 3.63) is 98.3 Å². The number of hydrogen-bond acceptors (Lipinski definition) is 4. The van der Waals surface area contributed by atoms with E-state index in [-0.39, 0.29) is 18.5 Å². The second-order valence-corrected chi connectivity index (χ2v) is 7.24. The third kappa shape index (κ3) is 2.67. The lowest BCUT2D eigenvalue weighted by Crippen LogP contribution is -2.41. The summed E-state index contributed by atoms with van der Waals surface area (Å²) in [7, 11) is 1.45. The number of carbonyl (C=O) groups excluding carboxylic acids is 1. The first kappa shape index (κ1) is 18.1. The van der Waals surface area contributed by atoms with Crippen molar-refractivity contribution < 1.29 is 14.5 Å². The zero-order chi connectivity index (χ0) is 20.8. The molecular weight excluding hydrogens is 382 g/mol. The number of ether oxygens (including phenoxy) is 1. The van der Waals surface area contributed by atoms with Crippen LogP contribution in [0.25, 0.3) is 22.2 Å². The first-order valence-corrected chi connectivity index (χ1v) is 9.54. The topological polar surface area (TPSA) is 84.4 Å². The highest BCUT2D eigenvalue weighted by molar-refractivity contribution is 6.07. The molecule has 0 bridgehead atoms. The molecule has 2 aromatic carbocycles. The molecule has 0 amide bonds. The van der Waals surface area contributed by atoms with E-state index in [0.717, 1.165) is 10.1 Å². The Morgan fingerprint density at radius 2 is 1.60 bits per heavy atom. The molecule has 7 heteroatoms. The molecule has 4 aromatic rings. The Morgan fingerprint density at radius 1 is 0.933 bits per heavy atom. The number of aromatic amines is 1. The lowest BCUT2D eigenvalue weighted by molar-refractivity contribution is -0.365. The van der Waals surface area contributed by atoms with Crippen LogP contribution in [-0.4, -0.2) is 15.1 Å². The Labute approximate surface area is 170 Å². The summed E-state index contributed by atoms with van der Waals surface area (Å²) >= 11 is 0. The second kappa shape index (κ2) is 6.81. The molecule has 5 rings (SSSR count). The summed E-state index contributed by atoms with van der Waals surface area (Å²) in [5, 5.41) is 0.289. The Bertz CT molecular complexity index is 1420. The highest BCUT2D eigenvalue weighted by atomic mass is 16.5. The summed E-state index contributed by atoms with van der Waals surface area (Å²) in [6.45, 7) is 0.349. The van der Waals surface area contributed by atoms with Gasteiger partial charge in [-0.1, -0.05) is 60.7 Å². The van der Waals surface area contributed by atoms with Gasteiger partial charge in [-0.3, -0.25) is 4.79 Å². The van der Waals surface area contributed by atoms with Gasteiger partial charge in [-0.15, -0.1) is 0 Å². The van der Waals surface area contributed by atoms with Gasteiger partial charge in [0.1, 0.15) is 17.5 Å². The normalized spacial score (nSPS) is 12.8. The van der Waals surface area contributed by atoms with Crippen molar-refractivity contribution in [1.82, 2.24) is 9.13 Å². The maximum atomic E-state index is 13.2. The SMILES string of the molecule is Cn1c(=O)c2c(-c3ccccc3)c3c([nH+]c2n(Cc2ccccc2)c1=O)COC3=O. The monoisotopic (exact) mass is 400 g/mol. The van der Waals surface area contributed by atoms with E-state index < -0.39 is 17.2 Å². The summed E-state index contributed by atoms with van der Waals surface area (Å²) in [5.74, 6) is -0.482. The van der Waals surface area contributed by atoms with E-state index in [1.54, 1.807) is 0 Å². The van der Waals surface area contributed by atoms with Gasteiger partial charge in [0.05, 0.1) is 0 Å². The molecule has 0 fully saturated rings. The van der Waals surface area contributed by atoms with Crippen LogP contribution < -0.4 is 16.2 Å². The molecule has 0 spiro atoms. The second-order valence-electron chi connectivity index (χ2n) is 7.24. The molecule has 0 radical (unpaired) electrons. The minimum atomic E-state index is -0.482. The lowest BCUT2D eigenvalue weighted by Gasteiger charge is -2.11. The fourth-order valence-electron chi connectivity index (χ4n) is 3.95. The molecular formula is C23H18N3O4+. The standard InChI is InChI=1S/C23H17N3O4/c1-25-21(27)19-17(15-10-6-3-7-11-15)18-16(13-30-22(18)28)24-20(19)26(23(25)29)12-14-8-4-2-5-9-14/h2-11H,12-13H2,1H3/p+1. The largest absolute Gasteiger partial charge is 0.453 e. The molecule has 2 aromatic heterocycles. The van der Waals surface area contributed by atoms with Gasteiger partial charge in [-0.2, -0.15) is 4.57 Å². The number of hydrogen-bond donors (Lipinski definition) is 0. The van der Waals surface area contributed by atoms with Crippen LogP contribution in [0.5, 0.6) is 0 Å². The van der Waals surface area contributed by atoms with Crippen LogP contribution in [0.2, 0.25) is 0 Å². The molecule has 1 aliphatic heterocycles. The van der Waals surface area contributed by atoms with Gasteiger partial charge in [0, 0.05) is 12.6 Å². The molecule has 0 saturated carbocycles. The van der Waals surface area contributed by atoms with Crippen molar-refractivity contribution in [3.63, 3.8) is 0 Å². The van der Waals surface area contributed by atoms with Gasteiger partial charge in [0.25, 0.3) is 11.2 Å². The number of esters is 1. The quantitative estimate of drug-likeness (QED) is 0.492. The minimum absolute atomic E-state index is 0.0681. The van der Waals surface area contributed by atoms with Crippen molar-refractivity contribution in [2.24, 2.45) is 7.05 Å². The predicted molar refractivity (Wildman–Crippen MR) is 110 cm³/mol. The van der Waals surface area contributed by atoms with Crippen LogP contribution in [0.4, 0.5) is 0 Å². The van der Waals surface area contributed by atoms with Crippen molar-refractivity contribution >= 4 is 17.0 Å². The van der Waals surface area contributed by atoms with Crippen LogP contribution in [0, 0.1) is 0 Å². The third-order valence-electron chi connectivity index (χ3n) is 5.41. The first-order chi connectivity index (χ1) is 14.6. The van der Waals surface area contributed by atoms with Crippen LogP contribution in [0.3, 0.4) is 0 Å². The minimum Gasteiger partial charge on any atom is -0.453 e. The molecule has 7 nitrogen and oxygen atoms in total. The molecule has 0 aliphatic carbocycles. The van der Waals surface area contributed by atoms with E-state index in [2.05, 4.69) is 4.98 Å². The number of pyridine rings is 1. The Hall–Kier alpha value is -4.00. The van der Waals surface area contributed by atoms with Gasteiger partial charge in [0.15, 0.2) is 12.3 Å². The number of rotatable bonds is 3. The molecule has 1 aliphatic rings. The Balaban J connectivity index is 1.94. The third-order valence-corrected chi connectivity index (χ3v) is 5.41. The van der Waals surface area contributed by atoms with E-state index in [0.29, 0.717) is 28.0 Å². The number of benzene rings is 2. The molecule has 0 saturated heterocycles. The van der Waals surface area contributed by atoms with Gasteiger partial charge in [-0.05, 0) is 11.1 Å². The highest BCUT2D eigenvalue weighted by Gasteiger charge is 2.34. The van der Waals surface area contributed by atoms with Gasteiger partial charge in [-0.25, -0.2) is 19.1 Å². The number of nitrogens with one attached hydrogen (secondary N) is 1. The van der Waals surface area contributed by atoms with Crippen molar-refractivity contribution in [2.45, 2.75) is 13.2 Å². The predicted octanol–water partition coefficient (Wildman–Crippen LogP) is 1.90. The van der Waals surface area contributed by atoms with Crippen LogP contribution >= 0.6 is 0 Å². The summed E-state index contributed by atoms with van der Waals surface area (Å²) < 4.78 is 7.86. The fraction of sp³-hybridized carbons (Fsp3) is 0.130. The van der Waals surface area contributed by atoms with E-state index in [1.807, 2.05) is 60.7 Å². The summed E-state index contributed by atoms with van der Waals surface area (Å²) in [6.07, 6.45) is 0. The van der Waals surface area contributed by atoms with Crippen molar-refractivity contribution in [3.8, 4) is 11.1 Å². The fourth-order valence-corrected chi connectivity index (χ4v) is 3.95. The summed E-state index contributed by atoms with van der Waals surface area (Å²) in [4.78, 5) is 41.9. The number of carbonyl (C=O) groups is 1. The van der Waals surface area contributed by atoms with Gasteiger partial charge >= 0.3 is 11.7 Å². The Morgan fingerprint density at radius 3 is 2.30 bits per heavy atom. The van der Waals surface area contributed by atoms with Crippen LogP contribution in [-0.2, 0) is 24.9 Å². The number of aromatic nitrogens is 3. The maximum absolute atomic E-state index is 13.2. The summed E-state index contributed by atoms with van der Waals surface area (Å²) in [5.41, 5.74) is 2.51. The molecule has 0 atom stereocenters. The number of fused-ring (bicyclic) bond motifs is 2. The molecule has 3 heterocycles. The van der Waals surface area contributed by atoms with Gasteiger partial charge in [0.2, 0.25) is 0 Å². The van der Waals surface area contributed by atoms with E-state index in [9.17, 15) is 14.4 Å².